The van der Waals surface area contributed by atoms with E-state index < -0.39 is 29.8 Å². The Morgan fingerprint density at radius 2 is 1.57 bits per heavy atom. The van der Waals surface area contributed by atoms with Crippen molar-refractivity contribution < 1.29 is 28.7 Å². The van der Waals surface area contributed by atoms with Gasteiger partial charge in [-0.25, -0.2) is 0 Å². The number of carbonyl (C=O) groups is 4. The molecule has 0 saturated carbocycles. The average molecular weight is 643 g/mol. The predicted molar refractivity (Wildman–Crippen MR) is 180 cm³/mol. The van der Waals surface area contributed by atoms with E-state index in [-0.39, 0.29) is 24.4 Å². The number of hydrogen-bond acceptors (Lipinski definition) is 6. The zero-order valence-corrected chi connectivity index (χ0v) is 27.4. The van der Waals surface area contributed by atoms with Crippen LogP contribution in [-0.2, 0) is 20.8 Å². The lowest BCUT2D eigenvalue weighted by Crippen LogP contribution is -2.53. The number of ether oxygens (including phenoxy) is 2. The van der Waals surface area contributed by atoms with Crippen molar-refractivity contribution in [3.8, 4) is 11.5 Å². The van der Waals surface area contributed by atoms with Crippen LogP contribution in [0.4, 0.5) is 0 Å². The Labute approximate surface area is 277 Å². The minimum atomic E-state index is -1.19. The van der Waals surface area contributed by atoms with Crippen LogP contribution in [0, 0.1) is 0 Å². The zero-order chi connectivity index (χ0) is 33.4. The molecular weight excluding hydrogens is 596 g/mol. The Bertz CT molecular complexity index is 1450. The fourth-order valence-corrected chi connectivity index (χ4v) is 5.41. The first-order valence-electron chi connectivity index (χ1n) is 16.4. The number of amides is 4. The molecule has 10 heteroatoms. The molecule has 0 saturated heterocycles. The van der Waals surface area contributed by atoms with Crippen molar-refractivity contribution in [2.75, 3.05) is 40.4 Å². The molecule has 0 fully saturated rings. The maximum atomic E-state index is 13.8. The molecule has 0 unspecified atom stereocenters. The van der Waals surface area contributed by atoms with Crippen LogP contribution in [-0.4, -0.2) is 85.9 Å². The first-order chi connectivity index (χ1) is 22.8. The van der Waals surface area contributed by atoms with E-state index in [9.17, 15) is 19.2 Å². The molecule has 47 heavy (non-hydrogen) atoms. The highest BCUT2D eigenvalue weighted by Crippen LogP contribution is 2.20. The van der Waals surface area contributed by atoms with Crippen LogP contribution in [0.25, 0.3) is 0 Å². The van der Waals surface area contributed by atoms with E-state index >= 15 is 0 Å². The van der Waals surface area contributed by atoms with Gasteiger partial charge in [-0.15, -0.1) is 0 Å². The predicted octanol–water partition coefficient (Wildman–Crippen LogP) is 4.24. The number of nitrogens with zero attached hydrogens (tertiary/aromatic N) is 2. The Kier molecular flexibility index (Phi) is 13.6. The van der Waals surface area contributed by atoms with Gasteiger partial charge in [0, 0.05) is 33.6 Å². The fraction of sp³-hybridized carbons (Fsp3) is 0.405. The van der Waals surface area contributed by atoms with Gasteiger partial charge in [0.2, 0.25) is 17.7 Å². The molecule has 1 heterocycles. The number of hydrogen-bond donors (Lipinski definition) is 2. The van der Waals surface area contributed by atoms with Gasteiger partial charge in [-0.3, -0.25) is 19.2 Å². The van der Waals surface area contributed by atoms with E-state index in [4.69, 9.17) is 9.47 Å². The molecule has 1 aliphatic heterocycles. The van der Waals surface area contributed by atoms with Crippen LogP contribution in [0.5, 0.6) is 11.5 Å². The molecule has 0 spiro atoms. The molecule has 1 aliphatic rings. The third-order valence-electron chi connectivity index (χ3n) is 8.20. The standard InChI is InChI=1S/C37H46N4O6/c1-40-23-13-3-4-14-24-47-33-21-12-11-20-30(33)35(43)39-31(36(44)38-22-15-25-46-29-18-9-6-10-19-29)27-34(42)41(2)32(37(40)45)26-28-16-7-5-8-17-28/h5-12,16-21,31-32H,3-4,13-15,22-27H2,1-2H3,(H,38,44)(H,39,43)/t31-,32-/m0/s1. The fourth-order valence-electron chi connectivity index (χ4n) is 5.41. The molecule has 10 nitrogen and oxygen atoms in total. The smallest absolute Gasteiger partial charge is 0.255 e. The molecule has 4 amide bonds. The number of benzene rings is 3. The number of nitrogens with one attached hydrogen (secondary N) is 2. The lowest BCUT2D eigenvalue weighted by atomic mass is 10.0. The number of fused-ring (bicyclic) bond motifs is 1. The summed E-state index contributed by atoms with van der Waals surface area (Å²) in [5, 5.41) is 5.62. The molecule has 3 aromatic carbocycles. The van der Waals surface area contributed by atoms with E-state index in [1.165, 1.54) is 4.90 Å². The second-order valence-electron chi connectivity index (χ2n) is 11.8. The van der Waals surface area contributed by atoms with E-state index in [1.54, 1.807) is 43.3 Å². The van der Waals surface area contributed by atoms with E-state index in [0.717, 1.165) is 37.0 Å². The maximum absolute atomic E-state index is 13.8. The lowest BCUT2D eigenvalue weighted by molar-refractivity contribution is -0.144. The third kappa shape index (κ3) is 10.9. The molecule has 250 valence electrons. The molecule has 2 atom stereocenters. The summed E-state index contributed by atoms with van der Waals surface area (Å²) >= 11 is 0. The minimum absolute atomic E-state index is 0.175. The van der Waals surface area contributed by atoms with Crippen LogP contribution >= 0.6 is 0 Å². The summed E-state index contributed by atoms with van der Waals surface area (Å²) in [6, 6.07) is 23.8. The monoisotopic (exact) mass is 642 g/mol. The highest BCUT2D eigenvalue weighted by atomic mass is 16.5. The van der Waals surface area contributed by atoms with E-state index in [2.05, 4.69) is 10.6 Å². The minimum Gasteiger partial charge on any atom is -0.494 e. The molecule has 4 rings (SSSR count). The van der Waals surface area contributed by atoms with Gasteiger partial charge in [0.1, 0.15) is 23.6 Å². The summed E-state index contributed by atoms with van der Waals surface area (Å²) in [5.74, 6) is -0.496. The van der Waals surface area contributed by atoms with E-state index in [1.807, 2.05) is 60.7 Å². The van der Waals surface area contributed by atoms with E-state index in [0.29, 0.717) is 38.3 Å². The summed E-state index contributed by atoms with van der Waals surface area (Å²) in [4.78, 5) is 57.8. The second-order valence-corrected chi connectivity index (χ2v) is 11.8. The summed E-state index contributed by atoms with van der Waals surface area (Å²) in [5.41, 5.74) is 1.19. The van der Waals surface area contributed by atoms with Gasteiger partial charge in [0.05, 0.1) is 25.2 Å². The number of likely N-dealkylation sites (N-methyl/N-ethyl adjacent to an activating group) is 2. The first-order valence-corrected chi connectivity index (χ1v) is 16.4. The number of para-hydroxylation sites is 2. The molecule has 3 aromatic rings. The Morgan fingerprint density at radius 1 is 0.894 bits per heavy atom. The van der Waals surface area contributed by atoms with Gasteiger partial charge in [0.15, 0.2) is 0 Å². The Balaban J connectivity index is 1.54. The van der Waals surface area contributed by atoms with Crippen LogP contribution in [0.3, 0.4) is 0 Å². The van der Waals surface area contributed by atoms with Gasteiger partial charge < -0.3 is 29.9 Å². The highest BCUT2D eigenvalue weighted by molar-refractivity contribution is 6.01. The van der Waals surface area contributed by atoms with Crippen molar-refractivity contribution in [2.45, 2.75) is 57.0 Å². The van der Waals surface area contributed by atoms with Crippen molar-refractivity contribution in [1.82, 2.24) is 20.4 Å². The first kappa shape index (κ1) is 35.0. The molecule has 0 radical (unpaired) electrons. The maximum Gasteiger partial charge on any atom is 0.255 e. The number of carbonyl (C=O) groups excluding carboxylic acids is 4. The summed E-state index contributed by atoms with van der Waals surface area (Å²) in [7, 11) is 3.34. The highest BCUT2D eigenvalue weighted by Gasteiger charge is 2.33. The molecular formula is C37H46N4O6. The molecule has 0 aliphatic carbocycles. The lowest BCUT2D eigenvalue weighted by Gasteiger charge is -2.32. The van der Waals surface area contributed by atoms with Crippen molar-refractivity contribution >= 4 is 23.6 Å². The van der Waals surface area contributed by atoms with Crippen molar-refractivity contribution in [3.63, 3.8) is 0 Å². The van der Waals surface area contributed by atoms with Gasteiger partial charge in [-0.2, -0.15) is 0 Å². The van der Waals surface area contributed by atoms with Crippen molar-refractivity contribution in [2.24, 2.45) is 0 Å². The van der Waals surface area contributed by atoms with Crippen LogP contribution in [0.1, 0.15) is 54.4 Å². The average Bonchev–Trinajstić information content (AvgIpc) is 3.09. The van der Waals surface area contributed by atoms with Crippen molar-refractivity contribution in [1.29, 1.82) is 0 Å². The Morgan fingerprint density at radius 3 is 2.34 bits per heavy atom. The Hall–Kier alpha value is -4.86. The largest absolute Gasteiger partial charge is 0.494 e. The van der Waals surface area contributed by atoms with Crippen LogP contribution in [0.15, 0.2) is 84.9 Å². The quantitative estimate of drug-likeness (QED) is 0.355. The molecule has 0 aromatic heterocycles. The van der Waals surface area contributed by atoms with Crippen molar-refractivity contribution in [3.05, 3.63) is 96.1 Å². The molecule has 0 bridgehead atoms. The SMILES string of the molecule is CN1CCCCCCOc2ccccc2C(=O)N[C@H](C(=O)NCCCOc2ccccc2)CC(=O)N(C)[C@@H](Cc2ccccc2)C1=O. The topological polar surface area (TPSA) is 117 Å². The summed E-state index contributed by atoms with van der Waals surface area (Å²) in [6.07, 6.45) is 3.93. The second kappa shape index (κ2) is 18.3. The van der Waals surface area contributed by atoms with Crippen LogP contribution < -0.4 is 20.1 Å². The number of rotatable bonds is 8. The molecule has 2 N–H and O–H groups in total. The van der Waals surface area contributed by atoms with Gasteiger partial charge in [-0.1, -0.05) is 73.5 Å². The summed E-state index contributed by atoms with van der Waals surface area (Å²) in [6.45, 7) is 1.65. The van der Waals surface area contributed by atoms with Gasteiger partial charge in [-0.05, 0) is 49.1 Å². The van der Waals surface area contributed by atoms with Crippen LogP contribution in [0.2, 0.25) is 0 Å². The zero-order valence-electron chi connectivity index (χ0n) is 27.4. The van der Waals surface area contributed by atoms with Gasteiger partial charge >= 0.3 is 0 Å². The van der Waals surface area contributed by atoms with Gasteiger partial charge in [0.25, 0.3) is 5.91 Å². The summed E-state index contributed by atoms with van der Waals surface area (Å²) < 4.78 is 11.7. The third-order valence-corrected chi connectivity index (χ3v) is 8.20. The normalized spacial score (nSPS) is 18.6.